The van der Waals surface area contributed by atoms with Gasteiger partial charge in [-0.3, -0.25) is 10.1 Å². The molecule has 5 rings (SSSR count). The maximum atomic E-state index is 13.3. The molecule has 1 aromatic heterocycles. The summed E-state index contributed by atoms with van der Waals surface area (Å²) in [6, 6.07) is 7.31. The molecule has 1 spiro atoms. The summed E-state index contributed by atoms with van der Waals surface area (Å²) in [4.78, 5) is 28.6. The number of hydrogen-bond donors (Lipinski definition) is 2. The van der Waals surface area contributed by atoms with E-state index in [0.29, 0.717) is 25.5 Å². The lowest BCUT2D eigenvalue weighted by atomic mass is 9.75. The first kappa shape index (κ1) is 26.9. The van der Waals surface area contributed by atoms with Gasteiger partial charge >= 0.3 is 12.2 Å². The van der Waals surface area contributed by atoms with Crippen molar-refractivity contribution in [1.82, 2.24) is 14.5 Å². The third-order valence-corrected chi connectivity index (χ3v) is 11.1. The molecule has 2 N–H and O–H groups in total. The fourth-order valence-corrected chi connectivity index (χ4v) is 7.91. The van der Waals surface area contributed by atoms with Crippen molar-refractivity contribution in [3.8, 4) is 0 Å². The molecule has 3 amide bonds. The quantitative estimate of drug-likeness (QED) is 0.516. The lowest BCUT2D eigenvalue weighted by Gasteiger charge is -2.48. The van der Waals surface area contributed by atoms with Crippen LogP contribution in [0.2, 0.25) is 0 Å². The van der Waals surface area contributed by atoms with Crippen molar-refractivity contribution < 1.29 is 36.3 Å². The molecule has 0 bridgehead atoms. The normalized spacial score (nSPS) is 23.9. The maximum Gasteiger partial charge on any atom is 0.421 e. The Morgan fingerprint density at radius 2 is 1.82 bits per heavy atom. The van der Waals surface area contributed by atoms with Crippen LogP contribution in [-0.2, 0) is 20.4 Å². The first-order chi connectivity index (χ1) is 17.8. The van der Waals surface area contributed by atoms with Crippen molar-refractivity contribution in [1.29, 1.82) is 0 Å². The number of thiophene rings is 1. The molecule has 3 aliphatic rings. The molecule has 2 atom stereocenters. The monoisotopic (exact) mass is 572 g/mol. The fraction of sp³-hybridized carbons (Fsp3) is 0.500. The molecule has 14 heteroatoms. The zero-order chi connectivity index (χ0) is 27.5. The fourth-order valence-electron chi connectivity index (χ4n) is 5.29. The molecule has 2 saturated heterocycles. The lowest BCUT2D eigenvalue weighted by molar-refractivity contribution is -0.258. The summed E-state index contributed by atoms with van der Waals surface area (Å²) >= 11 is 1.10. The zero-order valence-electron chi connectivity index (χ0n) is 20.4. The van der Waals surface area contributed by atoms with E-state index in [2.05, 4.69) is 5.32 Å². The lowest BCUT2D eigenvalue weighted by Crippen LogP contribution is -2.62. The molecule has 2 aromatic rings. The van der Waals surface area contributed by atoms with E-state index >= 15 is 0 Å². The van der Waals surface area contributed by atoms with Crippen LogP contribution in [0.3, 0.4) is 0 Å². The smallest absolute Gasteiger partial charge is 0.376 e. The predicted molar refractivity (Wildman–Crippen MR) is 133 cm³/mol. The van der Waals surface area contributed by atoms with Crippen molar-refractivity contribution in [2.24, 2.45) is 0 Å². The van der Waals surface area contributed by atoms with E-state index in [1.165, 1.54) is 39.5 Å². The molecule has 0 radical (unpaired) electrons. The number of imide groups is 1. The largest absolute Gasteiger partial charge is 0.421 e. The van der Waals surface area contributed by atoms with Crippen LogP contribution in [0.25, 0.3) is 0 Å². The Balaban J connectivity index is 1.46. The van der Waals surface area contributed by atoms with E-state index in [9.17, 15) is 36.3 Å². The summed E-state index contributed by atoms with van der Waals surface area (Å²) in [5, 5.41) is 14.1. The van der Waals surface area contributed by atoms with Gasteiger partial charge in [0.05, 0.1) is 6.04 Å². The van der Waals surface area contributed by atoms with Gasteiger partial charge in [0.2, 0.25) is 0 Å². The van der Waals surface area contributed by atoms with Gasteiger partial charge in [-0.15, -0.1) is 11.3 Å². The van der Waals surface area contributed by atoms with Crippen LogP contribution in [0.5, 0.6) is 0 Å². The molecule has 1 saturated carbocycles. The van der Waals surface area contributed by atoms with Crippen molar-refractivity contribution in [2.45, 2.75) is 53.8 Å². The molecule has 1 aliphatic carbocycles. The summed E-state index contributed by atoms with van der Waals surface area (Å²) in [5.41, 5.74) is -3.81. The summed E-state index contributed by atoms with van der Waals surface area (Å²) in [6.07, 6.45) is -3.07. The molecule has 206 valence electrons. The molecule has 2 aliphatic heterocycles. The standard InChI is InChI=1S/C24H27F3N4O5S2/c1-22(34,24(25,26)27)16-5-7-17(8-6-16)30-12-11-29(38(35,36)19-4-2-13-37-19)14-18(30)15-31-21(33)28-20(32)23(31)9-3-10-23/h2,4-8,13,18,34H,3,9-12,14-15H2,1H3,(H,28,32,33). The van der Waals surface area contributed by atoms with Crippen molar-refractivity contribution in [3.63, 3.8) is 0 Å². The Bertz CT molecular complexity index is 1330. The van der Waals surface area contributed by atoms with E-state index in [-0.39, 0.29) is 41.9 Å². The molecule has 3 heterocycles. The maximum absolute atomic E-state index is 13.3. The number of nitrogens with zero attached hydrogens (tertiary/aromatic N) is 3. The third kappa shape index (κ3) is 4.27. The Hall–Kier alpha value is -2.68. The number of anilines is 1. The molecule has 9 nitrogen and oxygen atoms in total. The van der Waals surface area contributed by atoms with Crippen molar-refractivity contribution >= 4 is 39.0 Å². The van der Waals surface area contributed by atoms with Gasteiger partial charge in [-0.2, -0.15) is 17.5 Å². The molecule has 2 unspecified atom stereocenters. The van der Waals surface area contributed by atoms with Crippen LogP contribution in [0.1, 0.15) is 31.7 Å². The minimum Gasteiger partial charge on any atom is -0.376 e. The molecule has 38 heavy (non-hydrogen) atoms. The van der Waals surface area contributed by atoms with Gasteiger partial charge < -0.3 is 14.9 Å². The number of benzene rings is 1. The average molecular weight is 573 g/mol. The highest BCUT2D eigenvalue weighted by molar-refractivity contribution is 7.91. The first-order valence-electron chi connectivity index (χ1n) is 12.1. The summed E-state index contributed by atoms with van der Waals surface area (Å²) in [7, 11) is -3.80. The minimum absolute atomic E-state index is 0.0102. The SMILES string of the molecule is CC(O)(c1ccc(N2CCN(S(=O)(=O)c3cccs3)CC2CN2C(=O)NC(=O)C23CCC3)cc1)C(F)(F)F. The van der Waals surface area contributed by atoms with Crippen LogP contribution in [0, 0.1) is 0 Å². The number of rotatable bonds is 6. The van der Waals surface area contributed by atoms with E-state index in [4.69, 9.17) is 0 Å². The van der Waals surface area contributed by atoms with Gasteiger partial charge in [-0.25, -0.2) is 13.2 Å². The van der Waals surface area contributed by atoms with Crippen LogP contribution in [0.4, 0.5) is 23.7 Å². The van der Waals surface area contributed by atoms with Gasteiger partial charge in [0.25, 0.3) is 15.9 Å². The van der Waals surface area contributed by atoms with Crippen molar-refractivity contribution in [3.05, 3.63) is 47.3 Å². The van der Waals surface area contributed by atoms with Gasteiger partial charge in [-0.1, -0.05) is 18.2 Å². The topological polar surface area (TPSA) is 110 Å². The number of piperazine rings is 1. The van der Waals surface area contributed by atoms with Crippen LogP contribution in [0.15, 0.2) is 46.0 Å². The number of aliphatic hydroxyl groups is 1. The van der Waals surface area contributed by atoms with Gasteiger partial charge in [-0.05, 0) is 55.3 Å². The number of halogens is 3. The Morgan fingerprint density at radius 1 is 1.13 bits per heavy atom. The average Bonchev–Trinajstić information content (AvgIpc) is 3.45. The second-order valence-corrected chi connectivity index (χ2v) is 13.1. The van der Waals surface area contributed by atoms with E-state index in [1.54, 1.807) is 11.4 Å². The zero-order valence-corrected chi connectivity index (χ0v) is 22.1. The second-order valence-electron chi connectivity index (χ2n) is 10.0. The molecule has 1 aromatic carbocycles. The third-order valence-electron chi connectivity index (χ3n) is 7.83. The van der Waals surface area contributed by atoms with Crippen molar-refractivity contribution in [2.75, 3.05) is 31.1 Å². The molecular formula is C24H27F3N4O5S2. The Morgan fingerprint density at radius 3 is 2.37 bits per heavy atom. The van der Waals surface area contributed by atoms with E-state index in [0.717, 1.165) is 17.8 Å². The molecule has 3 fully saturated rings. The number of urea groups is 1. The van der Waals surface area contributed by atoms with Gasteiger partial charge in [0, 0.05) is 31.9 Å². The number of alkyl halides is 3. The van der Waals surface area contributed by atoms with Gasteiger partial charge in [0.15, 0.2) is 5.60 Å². The summed E-state index contributed by atoms with van der Waals surface area (Å²) in [6.45, 7) is 1.07. The number of carbonyl (C=O) groups excluding carboxylic acids is 2. The van der Waals surface area contributed by atoms with E-state index < -0.39 is 39.4 Å². The number of hydrogen-bond acceptors (Lipinski definition) is 7. The van der Waals surface area contributed by atoms with E-state index in [1.807, 2.05) is 4.90 Å². The second kappa shape index (κ2) is 9.21. The van der Waals surface area contributed by atoms with Crippen LogP contribution >= 0.6 is 11.3 Å². The molecular weight excluding hydrogens is 545 g/mol. The summed E-state index contributed by atoms with van der Waals surface area (Å²) < 4.78 is 68.0. The summed E-state index contributed by atoms with van der Waals surface area (Å²) in [5.74, 6) is -0.363. The Kier molecular flexibility index (Phi) is 6.52. The minimum atomic E-state index is -4.87. The van der Waals surface area contributed by atoms with Crippen LogP contribution < -0.4 is 10.2 Å². The highest BCUT2D eigenvalue weighted by Gasteiger charge is 2.57. The predicted octanol–water partition coefficient (Wildman–Crippen LogP) is 2.87. The number of carbonyl (C=O) groups is 2. The Labute approximate surface area is 221 Å². The van der Waals surface area contributed by atoms with Gasteiger partial charge in [0.1, 0.15) is 9.75 Å². The number of nitrogens with one attached hydrogen (secondary N) is 1. The number of amides is 3. The number of sulfonamides is 1. The van der Waals surface area contributed by atoms with Crippen LogP contribution in [-0.4, -0.2) is 78.6 Å². The first-order valence-corrected chi connectivity index (χ1v) is 14.4. The highest BCUT2D eigenvalue weighted by Crippen LogP contribution is 2.42. The highest BCUT2D eigenvalue weighted by atomic mass is 32.2.